The third kappa shape index (κ3) is 1.92. The highest BCUT2D eigenvalue weighted by atomic mass is 32.1. The molecule has 1 atom stereocenters. The van der Waals surface area contributed by atoms with E-state index in [2.05, 4.69) is 22.9 Å². The fourth-order valence-corrected chi connectivity index (χ4v) is 1.90. The lowest BCUT2D eigenvalue weighted by molar-refractivity contribution is 0.199. The number of allylic oxidation sites excluding steroid dienone is 1. The summed E-state index contributed by atoms with van der Waals surface area (Å²) in [5.41, 5.74) is 1.58. The predicted molar refractivity (Wildman–Crippen MR) is 60.6 cm³/mol. The van der Waals surface area contributed by atoms with E-state index in [9.17, 15) is 4.79 Å². The largest absolute Gasteiger partial charge is 0.322 e. The molecule has 1 N–H and O–H groups in total. The van der Waals surface area contributed by atoms with Crippen molar-refractivity contribution in [2.24, 2.45) is 4.99 Å². The number of thiol groups is 1. The quantitative estimate of drug-likeness (QED) is 0.531. The summed E-state index contributed by atoms with van der Waals surface area (Å²) >= 11 is 4.38. The highest BCUT2D eigenvalue weighted by molar-refractivity contribution is 7.81. The molecule has 1 aliphatic rings. The highest BCUT2D eigenvalue weighted by Gasteiger charge is 2.28. The zero-order valence-corrected chi connectivity index (χ0v) is 9.51. The maximum atomic E-state index is 11.5. The Bertz CT molecular complexity index is 298. The SMILES string of the molecule is CC=NC1=C(C)NC(=O)N(CC)C1S. The lowest BCUT2D eigenvalue weighted by Crippen LogP contribution is -2.48. The molecule has 0 fully saturated rings. The molecule has 2 amide bonds. The fraction of sp³-hybridized carbons (Fsp3) is 0.556. The van der Waals surface area contributed by atoms with Crippen molar-refractivity contribution in [1.29, 1.82) is 0 Å². The molecule has 0 aliphatic carbocycles. The first kappa shape index (κ1) is 11.1. The van der Waals surface area contributed by atoms with Crippen molar-refractivity contribution in [2.75, 3.05) is 6.54 Å². The summed E-state index contributed by atoms with van der Waals surface area (Å²) < 4.78 is 0. The second kappa shape index (κ2) is 4.50. The van der Waals surface area contributed by atoms with E-state index >= 15 is 0 Å². The Labute approximate surface area is 89.5 Å². The molecule has 0 aromatic rings. The summed E-state index contributed by atoms with van der Waals surface area (Å²) in [5.74, 6) is 0. The van der Waals surface area contributed by atoms with E-state index < -0.39 is 0 Å². The van der Waals surface area contributed by atoms with E-state index in [-0.39, 0.29) is 11.4 Å². The number of likely N-dealkylation sites (N-methyl/N-ethyl adjacent to an activating group) is 1. The van der Waals surface area contributed by atoms with Crippen LogP contribution in [0, 0.1) is 0 Å². The molecule has 1 heterocycles. The number of nitrogens with one attached hydrogen (secondary N) is 1. The molecule has 14 heavy (non-hydrogen) atoms. The zero-order valence-electron chi connectivity index (χ0n) is 8.61. The number of hydrogen-bond acceptors (Lipinski definition) is 3. The van der Waals surface area contributed by atoms with Crippen LogP contribution in [0.2, 0.25) is 0 Å². The second-order valence-electron chi connectivity index (χ2n) is 2.99. The van der Waals surface area contributed by atoms with Gasteiger partial charge in [-0.05, 0) is 20.8 Å². The Morgan fingerprint density at radius 1 is 1.71 bits per heavy atom. The van der Waals surface area contributed by atoms with Gasteiger partial charge in [0.25, 0.3) is 0 Å². The van der Waals surface area contributed by atoms with Gasteiger partial charge in [-0.1, -0.05) is 0 Å². The van der Waals surface area contributed by atoms with Crippen LogP contribution in [0.3, 0.4) is 0 Å². The number of aliphatic imine (C=N–C) groups is 1. The Kier molecular flexibility index (Phi) is 3.57. The van der Waals surface area contributed by atoms with Gasteiger partial charge in [0.1, 0.15) is 5.37 Å². The first-order valence-corrected chi connectivity index (χ1v) is 5.08. The molecule has 5 heteroatoms. The van der Waals surface area contributed by atoms with Crippen molar-refractivity contribution in [2.45, 2.75) is 26.1 Å². The average Bonchev–Trinajstić information content (AvgIpc) is 2.12. The normalized spacial score (nSPS) is 23.3. The van der Waals surface area contributed by atoms with Gasteiger partial charge in [-0.25, -0.2) is 4.79 Å². The lowest BCUT2D eigenvalue weighted by atomic mass is 10.2. The van der Waals surface area contributed by atoms with Crippen molar-refractivity contribution in [1.82, 2.24) is 10.2 Å². The van der Waals surface area contributed by atoms with E-state index in [4.69, 9.17) is 0 Å². The summed E-state index contributed by atoms with van der Waals surface area (Å²) in [6.07, 6.45) is 1.70. The minimum atomic E-state index is -0.245. The van der Waals surface area contributed by atoms with E-state index in [1.807, 2.05) is 20.8 Å². The lowest BCUT2D eigenvalue weighted by Gasteiger charge is -2.33. The van der Waals surface area contributed by atoms with Gasteiger partial charge in [-0.15, -0.1) is 12.6 Å². The van der Waals surface area contributed by atoms with E-state index in [1.165, 1.54) is 0 Å². The van der Waals surface area contributed by atoms with Gasteiger partial charge < -0.3 is 10.2 Å². The molecule has 1 rings (SSSR count). The zero-order chi connectivity index (χ0) is 10.7. The second-order valence-corrected chi connectivity index (χ2v) is 3.48. The molecule has 0 radical (unpaired) electrons. The molecule has 4 nitrogen and oxygen atoms in total. The number of urea groups is 1. The van der Waals surface area contributed by atoms with Crippen molar-refractivity contribution < 1.29 is 4.79 Å². The molecular formula is C9H15N3OS. The van der Waals surface area contributed by atoms with Crippen molar-refractivity contribution >= 4 is 24.9 Å². The minimum Gasteiger partial charge on any atom is -0.310 e. The Morgan fingerprint density at radius 3 is 2.86 bits per heavy atom. The van der Waals surface area contributed by atoms with Gasteiger partial charge in [0.2, 0.25) is 0 Å². The molecule has 0 aromatic heterocycles. The van der Waals surface area contributed by atoms with Gasteiger partial charge in [-0.3, -0.25) is 4.99 Å². The van der Waals surface area contributed by atoms with Crippen LogP contribution < -0.4 is 5.32 Å². The number of carbonyl (C=O) groups is 1. The third-order valence-corrected chi connectivity index (χ3v) is 2.61. The van der Waals surface area contributed by atoms with Crippen LogP contribution in [0.5, 0.6) is 0 Å². The number of carbonyl (C=O) groups excluding carboxylic acids is 1. The van der Waals surface area contributed by atoms with Crippen LogP contribution in [0.1, 0.15) is 20.8 Å². The smallest absolute Gasteiger partial charge is 0.310 e. The summed E-state index contributed by atoms with van der Waals surface area (Å²) in [7, 11) is 0. The van der Waals surface area contributed by atoms with Crippen LogP contribution >= 0.6 is 12.6 Å². The molecule has 0 saturated heterocycles. The molecule has 1 aliphatic heterocycles. The molecule has 0 saturated carbocycles. The number of rotatable bonds is 2. The number of hydrogen-bond donors (Lipinski definition) is 2. The van der Waals surface area contributed by atoms with E-state index in [0.29, 0.717) is 6.54 Å². The molecule has 0 spiro atoms. The Morgan fingerprint density at radius 2 is 2.36 bits per heavy atom. The van der Waals surface area contributed by atoms with Crippen LogP contribution in [-0.2, 0) is 0 Å². The monoisotopic (exact) mass is 213 g/mol. The Hall–Kier alpha value is -0.970. The van der Waals surface area contributed by atoms with Gasteiger partial charge in [0, 0.05) is 18.5 Å². The van der Waals surface area contributed by atoms with Crippen molar-refractivity contribution in [3.63, 3.8) is 0 Å². The topological polar surface area (TPSA) is 44.7 Å². The molecular weight excluding hydrogens is 198 g/mol. The molecule has 0 aromatic carbocycles. The van der Waals surface area contributed by atoms with Crippen LogP contribution in [0.4, 0.5) is 4.79 Å². The van der Waals surface area contributed by atoms with Gasteiger partial charge in [-0.2, -0.15) is 0 Å². The van der Waals surface area contributed by atoms with Crippen LogP contribution in [-0.4, -0.2) is 29.1 Å². The third-order valence-electron chi connectivity index (χ3n) is 2.09. The van der Waals surface area contributed by atoms with Gasteiger partial charge in [0.05, 0.1) is 5.70 Å². The maximum Gasteiger partial charge on any atom is 0.322 e. The number of nitrogens with zero attached hydrogens (tertiary/aromatic N) is 2. The molecule has 78 valence electrons. The summed E-state index contributed by atoms with van der Waals surface area (Å²) in [4.78, 5) is 17.3. The first-order chi connectivity index (χ1) is 6.61. The maximum absolute atomic E-state index is 11.5. The first-order valence-electron chi connectivity index (χ1n) is 4.57. The standard InChI is InChI=1S/C9H15N3OS/c1-4-10-7-6(3)11-9(13)12(5-2)8(7)14/h4,8,14H,5H2,1-3H3,(H,11,13). The highest BCUT2D eigenvalue weighted by Crippen LogP contribution is 2.22. The molecule has 0 bridgehead atoms. The van der Waals surface area contributed by atoms with E-state index in [1.54, 1.807) is 11.1 Å². The van der Waals surface area contributed by atoms with E-state index in [0.717, 1.165) is 11.4 Å². The van der Waals surface area contributed by atoms with Crippen LogP contribution in [0.25, 0.3) is 0 Å². The fourth-order valence-electron chi connectivity index (χ4n) is 1.37. The summed E-state index contributed by atoms with van der Waals surface area (Å²) in [6.45, 7) is 6.21. The Balaban J connectivity index is 3.02. The van der Waals surface area contributed by atoms with Crippen molar-refractivity contribution in [3.8, 4) is 0 Å². The predicted octanol–water partition coefficient (Wildman–Crippen LogP) is 1.61. The van der Waals surface area contributed by atoms with Gasteiger partial charge in [0.15, 0.2) is 0 Å². The minimum absolute atomic E-state index is 0.111. The van der Waals surface area contributed by atoms with Crippen molar-refractivity contribution in [3.05, 3.63) is 11.4 Å². The average molecular weight is 213 g/mol. The molecule has 1 unspecified atom stereocenters. The number of amides is 2. The summed E-state index contributed by atoms with van der Waals surface area (Å²) in [6, 6.07) is -0.111. The van der Waals surface area contributed by atoms with Crippen LogP contribution in [0.15, 0.2) is 16.4 Å². The summed E-state index contributed by atoms with van der Waals surface area (Å²) in [5, 5.41) is 2.50. The van der Waals surface area contributed by atoms with Gasteiger partial charge >= 0.3 is 6.03 Å².